The van der Waals surface area contributed by atoms with Crippen molar-refractivity contribution in [2.75, 3.05) is 19.8 Å². The van der Waals surface area contributed by atoms with Gasteiger partial charge in [-0.15, -0.1) is 0 Å². The van der Waals surface area contributed by atoms with Crippen LogP contribution in [0.5, 0.6) is 0 Å². The summed E-state index contributed by atoms with van der Waals surface area (Å²) in [6, 6.07) is 0. The van der Waals surface area contributed by atoms with Crippen LogP contribution in [0.15, 0.2) is 0 Å². The van der Waals surface area contributed by atoms with Crippen LogP contribution < -0.4 is 0 Å². The quantitative estimate of drug-likeness (QED) is 0.628. The fourth-order valence-corrected chi connectivity index (χ4v) is 1.87. The van der Waals surface area contributed by atoms with E-state index in [1.165, 1.54) is 0 Å². The monoisotopic (exact) mass is 172 g/mol. The molecule has 3 heteroatoms. The third-order valence-corrected chi connectivity index (χ3v) is 2.90. The first-order chi connectivity index (χ1) is 5.71. The Balaban J connectivity index is 1.94. The Labute approximate surface area is 72.7 Å². The highest BCUT2D eigenvalue weighted by Gasteiger charge is 2.44. The number of aliphatic hydroxyl groups excluding tert-OH is 1. The maximum Gasteiger partial charge on any atom is 0.0697 e. The van der Waals surface area contributed by atoms with Gasteiger partial charge < -0.3 is 14.6 Å². The van der Waals surface area contributed by atoms with Crippen molar-refractivity contribution in [1.29, 1.82) is 0 Å². The van der Waals surface area contributed by atoms with E-state index in [9.17, 15) is 5.11 Å². The van der Waals surface area contributed by atoms with E-state index < -0.39 is 0 Å². The number of ether oxygens (including phenoxy) is 2. The lowest BCUT2D eigenvalue weighted by atomic mass is 9.78. The molecule has 2 atom stereocenters. The molecule has 0 unspecified atom stereocenters. The fourth-order valence-electron chi connectivity index (χ4n) is 1.87. The second-order valence-electron chi connectivity index (χ2n) is 4.18. The molecule has 12 heavy (non-hydrogen) atoms. The number of hydrogen-bond acceptors (Lipinski definition) is 3. The lowest BCUT2D eigenvalue weighted by molar-refractivity contribution is -0.199. The van der Waals surface area contributed by atoms with E-state index in [1.807, 2.05) is 0 Å². The summed E-state index contributed by atoms with van der Waals surface area (Å²) >= 11 is 0. The predicted octanol–water partition coefficient (Wildman–Crippen LogP) is 0.563. The van der Waals surface area contributed by atoms with E-state index >= 15 is 0 Å². The molecule has 70 valence electrons. The van der Waals surface area contributed by atoms with Crippen LogP contribution >= 0.6 is 0 Å². The van der Waals surface area contributed by atoms with Gasteiger partial charge in [-0.05, 0) is 6.42 Å². The smallest absolute Gasteiger partial charge is 0.0697 e. The first-order valence-electron chi connectivity index (χ1n) is 4.58. The summed E-state index contributed by atoms with van der Waals surface area (Å²) in [5, 5.41) is 9.44. The lowest BCUT2D eigenvalue weighted by Gasteiger charge is -2.46. The average molecular weight is 172 g/mol. The van der Waals surface area contributed by atoms with E-state index in [4.69, 9.17) is 9.47 Å². The summed E-state index contributed by atoms with van der Waals surface area (Å²) in [5.41, 5.74) is 0.168. The Morgan fingerprint density at radius 1 is 1.42 bits per heavy atom. The van der Waals surface area contributed by atoms with Gasteiger partial charge in [0.1, 0.15) is 0 Å². The molecule has 2 rings (SSSR count). The molecule has 2 aliphatic rings. The van der Waals surface area contributed by atoms with E-state index in [-0.39, 0.29) is 17.6 Å². The van der Waals surface area contributed by atoms with Crippen molar-refractivity contribution in [2.24, 2.45) is 5.41 Å². The van der Waals surface area contributed by atoms with Crippen LogP contribution in [-0.2, 0) is 9.47 Å². The third kappa shape index (κ3) is 1.37. The van der Waals surface area contributed by atoms with Crippen molar-refractivity contribution in [3.05, 3.63) is 0 Å². The first kappa shape index (κ1) is 8.48. The summed E-state index contributed by atoms with van der Waals surface area (Å²) in [5.74, 6) is 0. The summed E-state index contributed by atoms with van der Waals surface area (Å²) in [6.45, 7) is 4.43. The summed E-state index contributed by atoms with van der Waals surface area (Å²) in [4.78, 5) is 0. The molecule has 0 aromatic heterocycles. The normalized spacial score (nSPS) is 40.5. The maximum atomic E-state index is 9.44. The van der Waals surface area contributed by atoms with Crippen LogP contribution in [0.1, 0.15) is 19.8 Å². The van der Waals surface area contributed by atoms with E-state index in [2.05, 4.69) is 6.92 Å². The second kappa shape index (κ2) is 2.98. The molecule has 0 aliphatic carbocycles. The molecule has 0 saturated carbocycles. The largest absolute Gasteiger partial charge is 0.393 e. The Kier molecular flexibility index (Phi) is 2.10. The minimum absolute atomic E-state index is 0.166. The van der Waals surface area contributed by atoms with Crippen LogP contribution in [0, 0.1) is 5.41 Å². The second-order valence-corrected chi connectivity index (χ2v) is 4.18. The standard InChI is InChI=1S/C9H16O3/c1-9(5-11-6-9)8-4-7(10)2-3-12-8/h7-8,10H,2-6H2,1H3/t7-,8+/m0/s1. The highest BCUT2D eigenvalue weighted by molar-refractivity contribution is 4.91. The zero-order valence-corrected chi connectivity index (χ0v) is 7.45. The Morgan fingerprint density at radius 2 is 2.17 bits per heavy atom. The van der Waals surface area contributed by atoms with Gasteiger partial charge in [0.2, 0.25) is 0 Å². The minimum atomic E-state index is -0.166. The van der Waals surface area contributed by atoms with Crippen LogP contribution in [0.2, 0.25) is 0 Å². The fraction of sp³-hybridized carbons (Fsp3) is 1.00. The predicted molar refractivity (Wildman–Crippen MR) is 43.9 cm³/mol. The Bertz CT molecular complexity index is 165. The van der Waals surface area contributed by atoms with Gasteiger partial charge in [0.05, 0.1) is 25.4 Å². The zero-order valence-electron chi connectivity index (χ0n) is 7.45. The van der Waals surface area contributed by atoms with Crippen LogP contribution in [0.3, 0.4) is 0 Å². The first-order valence-corrected chi connectivity index (χ1v) is 4.58. The van der Waals surface area contributed by atoms with Gasteiger partial charge in [-0.2, -0.15) is 0 Å². The maximum absolute atomic E-state index is 9.44. The van der Waals surface area contributed by atoms with Crippen molar-refractivity contribution in [1.82, 2.24) is 0 Å². The van der Waals surface area contributed by atoms with Gasteiger partial charge in [0, 0.05) is 18.4 Å². The Morgan fingerprint density at radius 3 is 2.67 bits per heavy atom. The molecule has 3 nitrogen and oxygen atoms in total. The van der Waals surface area contributed by atoms with Gasteiger partial charge in [0.15, 0.2) is 0 Å². The minimum Gasteiger partial charge on any atom is -0.393 e. The molecule has 2 aliphatic heterocycles. The summed E-state index contributed by atoms with van der Waals surface area (Å²) in [6.07, 6.45) is 1.60. The summed E-state index contributed by atoms with van der Waals surface area (Å²) < 4.78 is 10.8. The molecule has 0 bridgehead atoms. The van der Waals surface area contributed by atoms with Gasteiger partial charge in [-0.25, -0.2) is 0 Å². The van der Waals surface area contributed by atoms with Crippen LogP contribution in [-0.4, -0.2) is 37.1 Å². The molecule has 2 fully saturated rings. The Hall–Kier alpha value is -0.120. The molecule has 0 aromatic carbocycles. The molecular weight excluding hydrogens is 156 g/mol. The lowest BCUT2D eigenvalue weighted by Crippen LogP contribution is -2.52. The molecule has 2 heterocycles. The van der Waals surface area contributed by atoms with Gasteiger partial charge in [0.25, 0.3) is 0 Å². The average Bonchev–Trinajstić information content (AvgIpc) is 2.00. The molecule has 0 radical (unpaired) electrons. The highest BCUT2D eigenvalue weighted by Crippen LogP contribution is 2.36. The molecule has 2 saturated heterocycles. The summed E-state index contributed by atoms with van der Waals surface area (Å²) in [7, 11) is 0. The topological polar surface area (TPSA) is 38.7 Å². The molecular formula is C9H16O3. The highest BCUT2D eigenvalue weighted by atomic mass is 16.5. The SMILES string of the molecule is CC1([C@H]2C[C@@H](O)CCO2)COC1. The molecule has 0 spiro atoms. The number of aliphatic hydroxyl groups is 1. The molecule has 0 aromatic rings. The van der Waals surface area contributed by atoms with Crippen molar-refractivity contribution in [3.8, 4) is 0 Å². The van der Waals surface area contributed by atoms with Crippen molar-refractivity contribution in [3.63, 3.8) is 0 Å². The molecule has 1 N–H and O–H groups in total. The van der Waals surface area contributed by atoms with Crippen molar-refractivity contribution < 1.29 is 14.6 Å². The van der Waals surface area contributed by atoms with E-state index in [0.717, 1.165) is 26.1 Å². The zero-order chi connectivity index (χ0) is 8.60. The molecule has 0 amide bonds. The van der Waals surface area contributed by atoms with Crippen LogP contribution in [0.4, 0.5) is 0 Å². The third-order valence-electron chi connectivity index (χ3n) is 2.90. The number of hydrogen-bond donors (Lipinski definition) is 1. The van der Waals surface area contributed by atoms with Gasteiger partial charge in [-0.3, -0.25) is 0 Å². The van der Waals surface area contributed by atoms with E-state index in [0.29, 0.717) is 6.61 Å². The van der Waals surface area contributed by atoms with Crippen molar-refractivity contribution >= 4 is 0 Å². The van der Waals surface area contributed by atoms with E-state index in [1.54, 1.807) is 0 Å². The van der Waals surface area contributed by atoms with Crippen molar-refractivity contribution in [2.45, 2.75) is 32.0 Å². The number of rotatable bonds is 1. The van der Waals surface area contributed by atoms with Gasteiger partial charge in [-0.1, -0.05) is 6.92 Å². The van der Waals surface area contributed by atoms with Crippen LogP contribution in [0.25, 0.3) is 0 Å². The van der Waals surface area contributed by atoms with Gasteiger partial charge >= 0.3 is 0 Å².